The van der Waals surface area contributed by atoms with Crippen molar-refractivity contribution >= 4 is 14.4 Å². The van der Waals surface area contributed by atoms with Crippen molar-refractivity contribution in [2.24, 2.45) is 5.92 Å². The van der Waals surface area contributed by atoms with E-state index in [4.69, 9.17) is 9.16 Å². The molecule has 158 valence electrons. The van der Waals surface area contributed by atoms with E-state index in [1.807, 2.05) is 26.8 Å². The minimum absolute atomic E-state index is 0.102. The van der Waals surface area contributed by atoms with Crippen molar-refractivity contribution in [3.05, 3.63) is 12.7 Å². The highest BCUT2D eigenvalue weighted by Crippen LogP contribution is 2.38. The van der Waals surface area contributed by atoms with Gasteiger partial charge in [-0.25, -0.2) is 4.79 Å². The summed E-state index contributed by atoms with van der Waals surface area (Å²) >= 11 is 0. The molecule has 0 radical (unpaired) electrons. The van der Waals surface area contributed by atoms with Gasteiger partial charge in [-0.2, -0.15) is 0 Å². The first-order valence-electron chi connectivity index (χ1n) is 10.5. The lowest BCUT2D eigenvalue weighted by Crippen LogP contribution is -2.52. The lowest BCUT2D eigenvalue weighted by molar-refractivity contribution is 0.0441. The van der Waals surface area contributed by atoms with E-state index in [1.165, 1.54) is 32.1 Å². The molecule has 0 aliphatic heterocycles. The van der Waals surface area contributed by atoms with Gasteiger partial charge < -0.3 is 14.5 Å². The molecule has 1 aliphatic carbocycles. The second-order valence-corrected chi connectivity index (χ2v) is 15.3. The average Bonchev–Trinajstić information content (AvgIpc) is 2.50. The van der Waals surface area contributed by atoms with E-state index < -0.39 is 13.9 Å². The number of hydrogen-bond acceptors (Lipinski definition) is 3. The lowest BCUT2D eigenvalue weighted by Gasteiger charge is -2.41. The second-order valence-electron chi connectivity index (χ2n) is 10.6. The topological polar surface area (TPSA) is 47.6 Å². The Balaban J connectivity index is 2.94. The van der Waals surface area contributed by atoms with Crippen LogP contribution >= 0.6 is 0 Å². The quantitative estimate of drug-likeness (QED) is 0.398. The van der Waals surface area contributed by atoms with Gasteiger partial charge in [0.15, 0.2) is 8.32 Å². The van der Waals surface area contributed by atoms with E-state index >= 15 is 0 Å². The van der Waals surface area contributed by atoms with Crippen LogP contribution < -0.4 is 5.32 Å². The second kappa shape index (κ2) is 9.60. The Morgan fingerprint density at radius 1 is 1.15 bits per heavy atom. The standard InChI is InChI=1S/C22H43NO3Si/c1-10-19(26-27(8,9)22(5,6)7)18(16-17-14-12-11-13-15-17)23-20(24)25-21(2,3)4/h10,17-19H,1,11-16H2,2-9H3,(H,23,24)/t18-,19-/m0/s1. The minimum atomic E-state index is -1.98. The fourth-order valence-electron chi connectivity index (χ4n) is 3.33. The van der Waals surface area contributed by atoms with E-state index in [2.05, 4.69) is 45.8 Å². The van der Waals surface area contributed by atoms with Crippen molar-refractivity contribution in [2.75, 3.05) is 0 Å². The third-order valence-corrected chi connectivity index (χ3v) is 10.4. The van der Waals surface area contributed by atoms with Gasteiger partial charge in [0.25, 0.3) is 0 Å². The molecule has 1 N–H and O–H groups in total. The number of rotatable bonds is 7. The SMILES string of the molecule is C=C[C@H](O[Si](C)(C)C(C)(C)C)[C@H](CC1CCCCC1)NC(=O)OC(C)(C)C. The van der Waals surface area contributed by atoms with E-state index in [9.17, 15) is 4.79 Å². The Kier molecular flexibility index (Phi) is 8.61. The monoisotopic (exact) mass is 397 g/mol. The van der Waals surface area contributed by atoms with Crippen molar-refractivity contribution in [1.82, 2.24) is 5.32 Å². The molecule has 0 bridgehead atoms. The molecule has 0 saturated heterocycles. The summed E-state index contributed by atoms with van der Waals surface area (Å²) in [7, 11) is -1.98. The summed E-state index contributed by atoms with van der Waals surface area (Å²) in [6.07, 6.45) is 8.58. The third-order valence-electron chi connectivity index (χ3n) is 5.88. The summed E-state index contributed by atoms with van der Waals surface area (Å²) in [5, 5.41) is 3.22. The third kappa shape index (κ3) is 8.38. The smallest absolute Gasteiger partial charge is 0.407 e. The Morgan fingerprint density at radius 3 is 2.15 bits per heavy atom. The largest absolute Gasteiger partial charge is 0.444 e. The highest BCUT2D eigenvalue weighted by atomic mass is 28.4. The van der Waals surface area contributed by atoms with Crippen molar-refractivity contribution in [3.8, 4) is 0 Å². The molecule has 0 aromatic rings. The van der Waals surface area contributed by atoms with Crippen LogP contribution in [0.2, 0.25) is 18.1 Å². The minimum Gasteiger partial charge on any atom is -0.444 e. The maximum absolute atomic E-state index is 12.5. The maximum atomic E-state index is 12.5. The molecule has 2 atom stereocenters. The maximum Gasteiger partial charge on any atom is 0.407 e. The van der Waals surface area contributed by atoms with Crippen LogP contribution in [0.5, 0.6) is 0 Å². The summed E-state index contributed by atoms with van der Waals surface area (Å²) in [6.45, 7) is 20.9. The zero-order valence-electron chi connectivity index (χ0n) is 19.0. The molecule has 4 nitrogen and oxygen atoms in total. The zero-order valence-corrected chi connectivity index (χ0v) is 20.0. The summed E-state index contributed by atoms with van der Waals surface area (Å²) in [5.74, 6) is 0.629. The van der Waals surface area contributed by atoms with Crippen molar-refractivity contribution < 1.29 is 14.0 Å². The van der Waals surface area contributed by atoms with Crippen LogP contribution in [0.1, 0.15) is 80.1 Å². The van der Waals surface area contributed by atoms with Crippen molar-refractivity contribution in [2.45, 2.75) is 116 Å². The van der Waals surface area contributed by atoms with Crippen LogP contribution in [0.3, 0.4) is 0 Å². The van der Waals surface area contributed by atoms with Gasteiger partial charge in [-0.3, -0.25) is 0 Å². The molecule has 27 heavy (non-hydrogen) atoms. The Morgan fingerprint density at radius 2 is 1.70 bits per heavy atom. The van der Waals surface area contributed by atoms with E-state index in [0.29, 0.717) is 5.92 Å². The highest BCUT2D eigenvalue weighted by Gasteiger charge is 2.41. The number of hydrogen-bond donors (Lipinski definition) is 1. The Bertz CT molecular complexity index is 485. The van der Waals surface area contributed by atoms with Crippen LogP contribution in [0.4, 0.5) is 4.79 Å². The van der Waals surface area contributed by atoms with E-state index in [0.717, 1.165) is 6.42 Å². The Labute approximate surface area is 168 Å². The Hall–Kier alpha value is -0.813. The van der Waals surface area contributed by atoms with Gasteiger partial charge in [0.1, 0.15) is 5.60 Å². The van der Waals surface area contributed by atoms with Crippen LogP contribution in [0, 0.1) is 5.92 Å². The van der Waals surface area contributed by atoms with Gasteiger partial charge in [-0.05, 0) is 51.2 Å². The molecule has 1 fully saturated rings. The first-order chi connectivity index (χ1) is 12.2. The fourth-order valence-corrected chi connectivity index (χ4v) is 4.62. The number of carbonyl (C=O) groups excluding carboxylic acids is 1. The molecular weight excluding hydrogens is 354 g/mol. The van der Waals surface area contributed by atoms with E-state index in [1.54, 1.807) is 0 Å². The summed E-state index contributed by atoms with van der Waals surface area (Å²) in [6, 6.07) is -0.102. The van der Waals surface area contributed by atoms with Gasteiger partial charge in [-0.15, -0.1) is 6.58 Å². The van der Waals surface area contributed by atoms with Gasteiger partial charge in [0.2, 0.25) is 0 Å². The first kappa shape index (κ1) is 24.2. The predicted octanol–water partition coefficient (Wildman–Crippen LogP) is 6.43. The van der Waals surface area contributed by atoms with E-state index in [-0.39, 0.29) is 23.3 Å². The van der Waals surface area contributed by atoms with Crippen LogP contribution in [-0.2, 0) is 9.16 Å². The van der Waals surface area contributed by atoms with Crippen molar-refractivity contribution in [1.29, 1.82) is 0 Å². The molecule has 5 heteroatoms. The normalized spacial score (nSPS) is 19.3. The molecule has 0 spiro atoms. The number of ether oxygens (including phenoxy) is 1. The highest BCUT2D eigenvalue weighted by molar-refractivity contribution is 6.74. The van der Waals surface area contributed by atoms with Gasteiger partial charge in [-0.1, -0.05) is 59.0 Å². The van der Waals surface area contributed by atoms with Gasteiger partial charge >= 0.3 is 6.09 Å². The molecule has 1 amide bonds. The lowest BCUT2D eigenvalue weighted by atomic mass is 9.83. The van der Waals surface area contributed by atoms with Crippen LogP contribution in [-0.4, -0.2) is 32.2 Å². The summed E-state index contributed by atoms with van der Waals surface area (Å²) in [5.41, 5.74) is -0.510. The molecule has 0 heterocycles. The predicted molar refractivity (Wildman–Crippen MR) is 117 cm³/mol. The number of alkyl carbamates (subject to hydrolysis) is 1. The van der Waals surface area contributed by atoms with Gasteiger partial charge in [0, 0.05) is 0 Å². The number of nitrogens with one attached hydrogen (secondary N) is 1. The fraction of sp³-hybridized carbons (Fsp3) is 0.864. The number of carbonyl (C=O) groups is 1. The van der Waals surface area contributed by atoms with Crippen LogP contribution in [0.15, 0.2) is 12.7 Å². The summed E-state index contributed by atoms with van der Waals surface area (Å²) in [4.78, 5) is 12.5. The molecule has 1 aliphatic rings. The van der Waals surface area contributed by atoms with Crippen molar-refractivity contribution in [3.63, 3.8) is 0 Å². The van der Waals surface area contributed by atoms with Gasteiger partial charge in [0.05, 0.1) is 12.1 Å². The first-order valence-corrected chi connectivity index (χ1v) is 13.5. The zero-order chi connectivity index (χ0) is 20.9. The molecule has 0 unspecified atom stereocenters. The molecular formula is C22H43NO3Si. The number of amides is 1. The summed E-state index contributed by atoms with van der Waals surface area (Å²) < 4.78 is 12.2. The molecule has 0 aromatic carbocycles. The van der Waals surface area contributed by atoms with Crippen LogP contribution in [0.25, 0.3) is 0 Å². The molecule has 0 aromatic heterocycles. The molecule has 1 saturated carbocycles. The average molecular weight is 398 g/mol. The molecule has 1 rings (SSSR count).